The van der Waals surface area contributed by atoms with E-state index in [0.29, 0.717) is 75.2 Å². The molecule has 3 aromatic heterocycles. The number of benzene rings is 6. The van der Waals surface area contributed by atoms with Crippen LogP contribution in [0.3, 0.4) is 0 Å². The van der Waals surface area contributed by atoms with E-state index in [1.807, 2.05) is 130 Å². The second kappa shape index (κ2) is 27.9. The molecule has 18 N–H and O–H groups in total. The number of rotatable bonds is 30. The second-order valence-corrected chi connectivity index (χ2v) is 23.4. The number of aromatic amines is 3. The molecule has 18 heteroatoms. The van der Waals surface area contributed by atoms with E-state index < -0.39 is 57.6 Å². The number of hydrogen-bond acceptors (Lipinski definition) is 12. The number of aryl methyl sites for hydroxylation is 3. The second-order valence-electron chi connectivity index (χ2n) is 23.4. The van der Waals surface area contributed by atoms with E-state index in [1.165, 1.54) is 0 Å². The van der Waals surface area contributed by atoms with Crippen LogP contribution in [-0.4, -0.2) is 86.3 Å². The highest BCUT2D eigenvalue weighted by Gasteiger charge is 2.44. The Morgan fingerprint density at radius 1 is 0.375 bits per heavy atom. The predicted octanol–water partition coefficient (Wildman–Crippen LogP) is 8.97. The number of nitrogens with two attached hydrogens (primary N) is 6. The van der Waals surface area contributed by atoms with Gasteiger partial charge in [-0.3, -0.25) is 28.8 Å². The summed E-state index contributed by atoms with van der Waals surface area (Å²) in [6.07, 6.45) is 3.22. The van der Waals surface area contributed by atoms with E-state index in [-0.39, 0.29) is 38.5 Å². The average molecular weight is 1190 g/mol. The lowest BCUT2D eigenvalue weighted by molar-refractivity contribution is -0.134. The number of carbonyl (C=O) groups is 6. The summed E-state index contributed by atoms with van der Waals surface area (Å²) in [6.45, 7) is 6.82. The molecule has 3 heterocycles. The van der Waals surface area contributed by atoms with Crippen LogP contribution < -0.4 is 50.4 Å². The minimum atomic E-state index is -1.87. The molecular weight excluding hydrogens is 1100 g/mol. The molecule has 88 heavy (non-hydrogen) atoms. The molecule has 0 aliphatic heterocycles. The molecule has 458 valence electrons. The number of ketones is 3. The first-order chi connectivity index (χ1) is 42.3. The number of nitrogens with one attached hydrogen (secondary N) is 6. The molecule has 0 saturated heterocycles. The fourth-order valence-electron chi connectivity index (χ4n) is 12.0. The van der Waals surface area contributed by atoms with E-state index >= 15 is 0 Å². The zero-order valence-corrected chi connectivity index (χ0v) is 50.5. The minimum Gasteiger partial charge on any atom is -0.358 e. The van der Waals surface area contributed by atoms with Crippen molar-refractivity contribution in [3.63, 3.8) is 0 Å². The summed E-state index contributed by atoms with van der Waals surface area (Å²) >= 11 is 0. The first-order valence-corrected chi connectivity index (χ1v) is 30.3. The SMILES string of the molecule is Cc1[nH]c2ccccc2c1CC(=O)[C@](N)(CCCCN)C(=O)Nc1ccc(C(c2ccc(NC(=O)[C@@](N)(CCCCN)C(=O)Cc3c(C)[nH]c4ccccc34)cc2)c2ccc(NC(=O)[C@@](N)(CCCCN)C(=O)Cc3c(C)[nH]c4ccccc34)cc2)cc1. The van der Waals surface area contributed by atoms with Crippen molar-refractivity contribution in [3.8, 4) is 0 Å². The minimum absolute atomic E-state index is 0.0506. The molecule has 18 nitrogen and oxygen atoms in total. The van der Waals surface area contributed by atoms with Gasteiger partial charge in [0.15, 0.2) is 34.0 Å². The highest BCUT2D eigenvalue weighted by molar-refractivity contribution is 6.18. The van der Waals surface area contributed by atoms with Crippen molar-refractivity contribution in [2.24, 2.45) is 34.4 Å². The number of Topliss-reactive ketones (excluding diaryl/α,β-unsaturated/α-hetero) is 3. The summed E-state index contributed by atoms with van der Waals surface area (Å²) in [4.78, 5) is 96.2. The molecule has 0 fully saturated rings. The van der Waals surface area contributed by atoms with Gasteiger partial charge in [0.2, 0.25) is 0 Å². The number of para-hydroxylation sites is 3. The summed E-state index contributed by atoms with van der Waals surface area (Å²) in [5, 5.41) is 11.5. The first kappa shape index (κ1) is 63.6. The monoisotopic (exact) mass is 1190 g/mol. The number of unbranched alkanes of at least 4 members (excludes halogenated alkanes) is 3. The fraction of sp³-hybridized carbons (Fsp3) is 0.314. The Morgan fingerprint density at radius 3 is 0.875 bits per heavy atom. The molecule has 0 saturated carbocycles. The van der Waals surface area contributed by atoms with Crippen molar-refractivity contribution >= 4 is 84.8 Å². The van der Waals surface area contributed by atoms with Crippen LogP contribution in [-0.2, 0) is 48.0 Å². The third kappa shape index (κ3) is 13.8. The van der Waals surface area contributed by atoms with Gasteiger partial charge in [-0.2, -0.15) is 0 Å². The van der Waals surface area contributed by atoms with Gasteiger partial charge in [-0.25, -0.2) is 0 Å². The third-order valence-corrected chi connectivity index (χ3v) is 17.4. The maximum atomic E-state index is 14.4. The van der Waals surface area contributed by atoms with Gasteiger partial charge in [0.1, 0.15) is 0 Å². The number of hydrogen-bond donors (Lipinski definition) is 12. The van der Waals surface area contributed by atoms with Crippen molar-refractivity contribution in [2.45, 2.75) is 120 Å². The number of fused-ring (bicyclic) bond motifs is 3. The quantitative estimate of drug-likeness (QED) is 0.0114. The number of H-pyrrole nitrogens is 3. The van der Waals surface area contributed by atoms with Gasteiger partial charge in [-0.05, 0) is 186 Å². The fourth-order valence-corrected chi connectivity index (χ4v) is 12.0. The average Bonchev–Trinajstić information content (AvgIpc) is 2.44. The van der Waals surface area contributed by atoms with Crippen LogP contribution in [0, 0.1) is 20.8 Å². The number of aromatic nitrogens is 3. The van der Waals surface area contributed by atoms with Gasteiger partial charge in [0.25, 0.3) is 17.7 Å². The molecule has 3 atom stereocenters. The Balaban J connectivity index is 0.996. The maximum Gasteiger partial charge on any atom is 0.252 e. The molecule has 9 rings (SSSR count). The predicted molar refractivity (Wildman–Crippen MR) is 351 cm³/mol. The van der Waals surface area contributed by atoms with E-state index in [2.05, 4.69) is 30.9 Å². The van der Waals surface area contributed by atoms with Crippen LogP contribution in [0.25, 0.3) is 32.7 Å². The first-order valence-electron chi connectivity index (χ1n) is 30.3. The van der Waals surface area contributed by atoms with Gasteiger partial charge in [-0.15, -0.1) is 0 Å². The van der Waals surface area contributed by atoms with Crippen LogP contribution in [0.15, 0.2) is 146 Å². The zero-order valence-electron chi connectivity index (χ0n) is 50.5. The lowest BCUT2D eigenvalue weighted by Crippen LogP contribution is -2.58. The van der Waals surface area contributed by atoms with Crippen LogP contribution >= 0.6 is 0 Å². The molecule has 0 radical (unpaired) electrons. The van der Waals surface area contributed by atoms with Gasteiger partial charge < -0.3 is 65.3 Å². The highest BCUT2D eigenvalue weighted by atomic mass is 16.2. The van der Waals surface area contributed by atoms with E-state index in [1.54, 1.807) is 36.4 Å². The van der Waals surface area contributed by atoms with E-state index in [9.17, 15) is 28.8 Å². The zero-order chi connectivity index (χ0) is 62.8. The van der Waals surface area contributed by atoms with Crippen molar-refractivity contribution in [3.05, 3.63) is 196 Å². The van der Waals surface area contributed by atoms with Crippen molar-refractivity contribution in [1.82, 2.24) is 15.0 Å². The molecule has 0 bridgehead atoms. The molecule has 9 aromatic rings. The Bertz CT molecular complexity index is 3570. The largest absolute Gasteiger partial charge is 0.358 e. The van der Waals surface area contributed by atoms with Crippen LogP contribution in [0.2, 0.25) is 0 Å². The summed E-state index contributed by atoms with van der Waals surface area (Å²) in [7, 11) is 0. The Kier molecular flexibility index (Phi) is 20.1. The topological polar surface area (TPSA) is 342 Å². The number of carbonyl (C=O) groups excluding carboxylic acids is 6. The van der Waals surface area contributed by atoms with Crippen molar-refractivity contribution in [2.75, 3.05) is 35.6 Å². The van der Waals surface area contributed by atoms with Gasteiger partial charge in [0.05, 0.1) is 0 Å². The van der Waals surface area contributed by atoms with E-state index in [4.69, 9.17) is 34.4 Å². The van der Waals surface area contributed by atoms with Gasteiger partial charge >= 0.3 is 0 Å². The third-order valence-electron chi connectivity index (χ3n) is 17.4. The summed E-state index contributed by atoms with van der Waals surface area (Å²) in [5.74, 6) is -3.66. The lowest BCUT2D eigenvalue weighted by atomic mass is 9.83. The Hall–Kier alpha value is -8.88. The van der Waals surface area contributed by atoms with E-state index in [0.717, 1.165) is 83.2 Å². The Morgan fingerprint density at radius 2 is 0.625 bits per heavy atom. The number of anilines is 3. The standard InChI is InChI=1S/C70H82N12O6/c1-43-55(52-16-4-7-19-58(52)77-43)40-61(83)68(74,34-10-13-37-71)65(86)80-49-28-22-46(23-29-49)64(47-24-30-50(31-25-47)81-66(87)69(75,35-11-14-38-72)62(84)41-56-44(2)78-59-20-8-5-17-53(56)59)48-26-32-51(33-27-48)82-67(88)70(76,36-12-15-39-73)63(85)42-57-45(3)79-60-21-9-6-18-54(57)60/h4-9,16-33,64,77-79H,10-15,34-42,71-76H2,1-3H3,(H,80,86)(H,81,87)(H,82,88)/t68-,69-,70-/m1/s1. The molecule has 0 aliphatic rings. The summed E-state index contributed by atoms with van der Waals surface area (Å²) in [6, 6.07) is 44.8. The number of amides is 3. The maximum absolute atomic E-state index is 14.4. The summed E-state index contributed by atoms with van der Waals surface area (Å²) in [5.41, 5.74) is 43.7. The van der Waals surface area contributed by atoms with Crippen LogP contribution in [0.5, 0.6) is 0 Å². The Labute approximate surface area is 512 Å². The van der Waals surface area contributed by atoms with Gasteiger partial charge in [0, 0.05) is 92.0 Å². The van der Waals surface area contributed by atoms with Gasteiger partial charge in [-0.1, -0.05) is 91.0 Å². The summed E-state index contributed by atoms with van der Waals surface area (Å²) < 4.78 is 0. The molecule has 6 aromatic carbocycles. The molecule has 0 aliphatic carbocycles. The normalized spacial score (nSPS) is 13.7. The molecule has 0 unspecified atom stereocenters. The lowest BCUT2D eigenvalue weighted by Gasteiger charge is -2.28. The smallest absolute Gasteiger partial charge is 0.252 e. The van der Waals surface area contributed by atoms with Crippen molar-refractivity contribution in [1.29, 1.82) is 0 Å². The molecule has 3 amide bonds. The molecule has 0 spiro atoms. The van der Waals surface area contributed by atoms with Crippen molar-refractivity contribution < 1.29 is 28.8 Å². The molecular formula is C70H82N12O6. The highest BCUT2D eigenvalue weighted by Crippen LogP contribution is 2.36. The van der Waals surface area contributed by atoms with Crippen LogP contribution in [0.1, 0.15) is 114 Å². The van der Waals surface area contributed by atoms with Crippen LogP contribution in [0.4, 0.5) is 17.1 Å².